The molecule has 2 aliphatic rings. The van der Waals surface area contributed by atoms with Crippen LogP contribution < -0.4 is 0 Å². The summed E-state index contributed by atoms with van der Waals surface area (Å²) in [5.41, 5.74) is 0.360. The van der Waals surface area contributed by atoms with Crippen LogP contribution in [0.5, 0.6) is 0 Å². The van der Waals surface area contributed by atoms with Crippen LogP contribution in [-0.4, -0.2) is 71.8 Å². The first-order chi connectivity index (χ1) is 10.6. The van der Waals surface area contributed by atoms with Crippen molar-refractivity contribution in [3.8, 4) is 0 Å². The number of nitrogens with zero attached hydrogens (tertiary/aromatic N) is 3. The van der Waals surface area contributed by atoms with E-state index in [4.69, 9.17) is 0 Å². The molecule has 3 rings (SSSR count). The van der Waals surface area contributed by atoms with E-state index in [9.17, 15) is 9.59 Å². The van der Waals surface area contributed by atoms with Gasteiger partial charge in [-0.3, -0.25) is 14.5 Å². The Morgan fingerprint density at radius 2 is 2.00 bits per heavy atom. The zero-order valence-corrected chi connectivity index (χ0v) is 14.1. The molecular formula is C16H23N3O2S. The number of piperazine rings is 1. The molecule has 2 aliphatic heterocycles. The molecule has 0 aromatic carbocycles. The minimum Gasteiger partial charge on any atom is -0.340 e. The molecule has 2 amide bonds. The predicted molar refractivity (Wildman–Crippen MR) is 87.1 cm³/mol. The Bertz CT molecular complexity index is 550. The molecule has 2 saturated heterocycles. The number of amides is 2. The molecule has 0 unspecified atom stereocenters. The molecule has 0 saturated carbocycles. The van der Waals surface area contributed by atoms with Crippen LogP contribution >= 0.6 is 11.3 Å². The first-order valence-corrected chi connectivity index (χ1v) is 8.85. The van der Waals surface area contributed by atoms with Crippen molar-refractivity contribution in [2.45, 2.75) is 25.3 Å². The van der Waals surface area contributed by atoms with Gasteiger partial charge in [0.25, 0.3) is 5.91 Å². The highest BCUT2D eigenvalue weighted by Gasteiger charge is 2.49. The summed E-state index contributed by atoms with van der Waals surface area (Å²) in [6.45, 7) is 5.84. The molecular weight excluding hydrogens is 298 g/mol. The maximum atomic E-state index is 12.8. The molecule has 0 atom stereocenters. The lowest BCUT2D eigenvalue weighted by molar-refractivity contribution is -0.153. The lowest BCUT2D eigenvalue weighted by Crippen LogP contribution is -2.67. The molecule has 1 aromatic rings. The molecule has 0 radical (unpaired) electrons. The van der Waals surface area contributed by atoms with Gasteiger partial charge in [-0.1, -0.05) is 0 Å². The Balaban J connectivity index is 1.72. The van der Waals surface area contributed by atoms with E-state index in [0.717, 1.165) is 38.0 Å². The Kier molecular flexibility index (Phi) is 4.23. The molecule has 1 spiro atoms. The van der Waals surface area contributed by atoms with E-state index in [1.54, 1.807) is 11.3 Å². The fraction of sp³-hybridized carbons (Fsp3) is 0.625. The molecule has 120 valence electrons. The summed E-state index contributed by atoms with van der Waals surface area (Å²) in [7, 11) is 2.04. The Labute approximate surface area is 135 Å². The molecule has 0 aliphatic carbocycles. The highest BCUT2D eigenvalue weighted by Crippen LogP contribution is 2.33. The number of carbonyl (C=O) groups is 2. The van der Waals surface area contributed by atoms with Gasteiger partial charge in [0.1, 0.15) is 5.54 Å². The molecule has 6 heteroatoms. The van der Waals surface area contributed by atoms with Crippen molar-refractivity contribution in [1.82, 2.24) is 14.7 Å². The van der Waals surface area contributed by atoms with Gasteiger partial charge >= 0.3 is 0 Å². The van der Waals surface area contributed by atoms with Gasteiger partial charge in [0, 0.05) is 38.1 Å². The minimum absolute atomic E-state index is 0.0920. The summed E-state index contributed by atoms with van der Waals surface area (Å²) in [6, 6.07) is 1.87. The fourth-order valence-corrected chi connectivity index (χ4v) is 4.22. The second kappa shape index (κ2) is 6.01. The van der Waals surface area contributed by atoms with Crippen molar-refractivity contribution in [3.05, 3.63) is 22.4 Å². The highest BCUT2D eigenvalue weighted by molar-refractivity contribution is 7.08. The van der Waals surface area contributed by atoms with Gasteiger partial charge in [-0.25, -0.2) is 0 Å². The number of likely N-dealkylation sites (N-methyl/N-ethyl adjacent to an activating group) is 2. The van der Waals surface area contributed by atoms with Gasteiger partial charge in [0.2, 0.25) is 5.91 Å². The summed E-state index contributed by atoms with van der Waals surface area (Å²) in [4.78, 5) is 31.3. The van der Waals surface area contributed by atoms with Gasteiger partial charge < -0.3 is 9.80 Å². The normalized spacial score (nSPS) is 22.4. The molecule has 0 bridgehead atoms. The third-order valence-electron chi connectivity index (χ3n) is 5.15. The second-order valence-corrected chi connectivity index (χ2v) is 6.92. The summed E-state index contributed by atoms with van der Waals surface area (Å²) in [6.07, 6.45) is 1.46. The van der Waals surface area contributed by atoms with E-state index >= 15 is 0 Å². The summed E-state index contributed by atoms with van der Waals surface area (Å²) in [5.74, 6) is 0.334. The number of rotatable bonds is 2. The third-order valence-corrected chi connectivity index (χ3v) is 5.83. The van der Waals surface area contributed by atoms with E-state index in [-0.39, 0.29) is 11.8 Å². The first-order valence-electron chi connectivity index (χ1n) is 7.90. The average molecular weight is 321 g/mol. The average Bonchev–Trinajstić information content (AvgIpc) is 3.07. The smallest absolute Gasteiger partial charge is 0.254 e. The van der Waals surface area contributed by atoms with Gasteiger partial charge in [-0.05, 0) is 38.3 Å². The van der Waals surface area contributed by atoms with Crippen LogP contribution in [0.4, 0.5) is 0 Å². The number of carbonyl (C=O) groups excluding carboxylic acids is 2. The summed E-state index contributed by atoms with van der Waals surface area (Å²) < 4.78 is 0. The SMILES string of the molecule is CCN1CCN(C)C2(CCN(C(=O)c3ccsc3)CC2)C1=O. The van der Waals surface area contributed by atoms with Crippen LogP contribution in [0.25, 0.3) is 0 Å². The van der Waals surface area contributed by atoms with Crippen molar-refractivity contribution in [2.24, 2.45) is 0 Å². The Morgan fingerprint density at radius 3 is 2.59 bits per heavy atom. The zero-order valence-electron chi connectivity index (χ0n) is 13.2. The van der Waals surface area contributed by atoms with Crippen LogP contribution in [-0.2, 0) is 4.79 Å². The van der Waals surface area contributed by atoms with Gasteiger partial charge in [0.15, 0.2) is 0 Å². The van der Waals surface area contributed by atoms with E-state index < -0.39 is 5.54 Å². The Hall–Kier alpha value is -1.40. The summed E-state index contributed by atoms with van der Waals surface area (Å²) in [5, 5.41) is 3.82. The lowest BCUT2D eigenvalue weighted by atomic mass is 9.82. The van der Waals surface area contributed by atoms with Crippen molar-refractivity contribution < 1.29 is 9.59 Å². The zero-order chi connectivity index (χ0) is 15.7. The number of hydrogen-bond donors (Lipinski definition) is 0. The van der Waals surface area contributed by atoms with Crippen LogP contribution in [0.15, 0.2) is 16.8 Å². The predicted octanol–water partition coefficient (Wildman–Crippen LogP) is 1.52. The Morgan fingerprint density at radius 1 is 1.27 bits per heavy atom. The molecule has 22 heavy (non-hydrogen) atoms. The van der Waals surface area contributed by atoms with E-state index in [0.29, 0.717) is 13.1 Å². The maximum absolute atomic E-state index is 12.8. The standard InChI is InChI=1S/C16H23N3O2S/c1-3-18-10-9-17(2)16(15(18)21)5-7-19(8-6-16)14(20)13-4-11-22-12-13/h4,11-12H,3,5-10H2,1-2H3. The van der Waals surface area contributed by atoms with Crippen molar-refractivity contribution in [2.75, 3.05) is 39.8 Å². The molecule has 2 fully saturated rings. The van der Waals surface area contributed by atoms with Crippen molar-refractivity contribution >= 4 is 23.2 Å². The topological polar surface area (TPSA) is 43.9 Å². The number of piperidine rings is 1. The fourth-order valence-electron chi connectivity index (χ4n) is 3.59. The lowest BCUT2D eigenvalue weighted by Gasteiger charge is -2.51. The van der Waals surface area contributed by atoms with Gasteiger partial charge in [-0.15, -0.1) is 0 Å². The third kappa shape index (κ3) is 2.44. The molecule has 3 heterocycles. The quantitative estimate of drug-likeness (QED) is 0.829. The molecule has 5 nitrogen and oxygen atoms in total. The van der Waals surface area contributed by atoms with Crippen LogP contribution in [0, 0.1) is 0 Å². The van der Waals surface area contributed by atoms with Gasteiger partial charge in [0.05, 0.1) is 5.56 Å². The van der Waals surface area contributed by atoms with Gasteiger partial charge in [-0.2, -0.15) is 11.3 Å². The van der Waals surface area contributed by atoms with Crippen molar-refractivity contribution in [3.63, 3.8) is 0 Å². The van der Waals surface area contributed by atoms with Crippen molar-refractivity contribution in [1.29, 1.82) is 0 Å². The van der Waals surface area contributed by atoms with E-state index in [2.05, 4.69) is 4.90 Å². The second-order valence-electron chi connectivity index (χ2n) is 6.14. The minimum atomic E-state index is -0.403. The monoisotopic (exact) mass is 321 g/mol. The number of hydrogen-bond acceptors (Lipinski definition) is 4. The number of likely N-dealkylation sites (tertiary alicyclic amines) is 1. The molecule has 1 aromatic heterocycles. The first kappa shape index (κ1) is 15.5. The van der Waals surface area contributed by atoms with Crippen LogP contribution in [0.1, 0.15) is 30.1 Å². The van der Waals surface area contributed by atoms with Crippen LogP contribution in [0.2, 0.25) is 0 Å². The highest BCUT2D eigenvalue weighted by atomic mass is 32.1. The largest absolute Gasteiger partial charge is 0.340 e. The number of thiophene rings is 1. The van der Waals surface area contributed by atoms with Crippen LogP contribution in [0.3, 0.4) is 0 Å². The molecule has 0 N–H and O–H groups in total. The maximum Gasteiger partial charge on any atom is 0.254 e. The van der Waals surface area contributed by atoms with E-state index in [1.807, 2.05) is 40.6 Å². The summed E-state index contributed by atoms with van der Waals surface area (Å²) >= 11 is 1.54. The van der Waals surface area contributed by atoms with E-state index in [1.165, 1.54) is 0 Å².